The van der Waals surface area contributed by atoms with E-state index in [9.17, 15) is 8.42 Å². The zero-order chi connectivity index (χ0) is 17.2. The third-order valence-corrected chi connectivity index (χ3v) is 5.91. The molecule has 0 bridgehead atoms. The van der Waals surface area contributed by atoms with Crippen molar-refractivity contribution in [2.45, 2.75) is 48.9 Å². The van der Waals surface area contributed by atoms with Crippen LogP contribution in [0.5, 0.6) is 0 Å². The average molecular weight is 353 g/mol. The Labute approximate surface area is 144 Å². The lowest BCUT2D eigenvalue weighted by Crippen LogP contribution is -2.48. The molecule has 2 fully saturated rings. The van der Waals surface area contributed by atoms with Crippen LogP contribution < -0.4 is 10.6 Å². The van der Waals surface area contributed by atoms with Gasteiger partial charge in [-0.3, -0.25) is 15.5 Å². The van der Waals surface area contributed by atoms with Crippen LogP contribution in [0, 0.1) is 0 Å². The summed E-state index contributed by atoms with van der Waals surface area (Å²) >= 11 is 0. The van der Waals surface area contributed by atoms with E-state index in [0.717, 1.165) is 44.3 Å². The molecule has 7 heteroatoms. The van der Waals surface area contributed by atoms with Crippen LogP contribution in [0.3, 0.4) is 0 Å². The summed E-state index contributed by atoms with van der Waals surface area (Å²) in [5.41, 5.74) is 1.14. The first-order valence-corrected chi connectivity index (χ1v) is 10.5. The van der Waals surface area contributed by atoms with E-state index in [4.69, 9.17) is 4.84 Å². The van der Waals surface area contributed by atoms with Crippen molar-refractivity contribution >= 4 is 9.84 Å². The normalized spacial score (nSPS) is 29.0. The molecule has 0 amide bonds. The van der Waals surface area contributed by atoms with E-state index in [1.807, 2.05) is 24.2 Å². The van der Waals surface area contributed by atoms with E-state index in [1.54, 1.807) is 12.1 Å². The van der Waals surface area contributed by atoms with Gasteiger partial charge in [-0.05, 0) is 43.4 Å². The fourth-order valence-corrected chi connectivity index (χ4v) is 4.04. The van der Waals surface area contributed by atoms with Crippen molar-refractivity contribution in [3.05, 3.63) is 29.8 Å². The molecule has 134 valence electrons. The summed E-state index contributed by atoms with van der Waals surface area (Å²) in [6.07, 6.45) is 6.14. The predicted octanol–water partition coefficient (Wildman–Crippen LogP) is 1.46. The molecule has 3 atom stereocenters. The minimum atomic E-state index is -3.13. The number of rotatable bonds is 5. The molecular weight excluding hydrogens is 326 g/mol. The zero-order valence-corrected chi connectivity index (χ0v) is 15.2. The Balaban J connectivity index is 1.55. The van der Waals surface area contributed by atoms with E-state index in [-0.39, 0.29) is 18.3 Å². The number of sulfone groups is 1. The molecule has 2 N–H and O–H groups in total. The maximum absolute atomic E-state index is 11.6. The van der Waals surface area contributed by atoms with Crippen LogP contribution in [0.25, 0.3) is 0 Å². The monoisotopic (exact) mass is 353 g/mol. The quantitative estimate of drug-likeness (QED) is 0.835. The Kier molecular flexibility index (Phi) is 5.56. The maximum atomic E-state index is 11.6. The highest BCUT2D eigenvalue weighted by atomic mass is 32.2. The van der Waals surface area contributed by atoms with Crippen LogP contribution in [0.4, 0.5) is 0 Å². The summed E-state index contributed by atoms with van der Waals surface area (Å²) in [5, 5.41) is 9.09. The largest absolute Gasteiger partial charge is 0.299 e. The van der Waals surface area contributed by atoms with Crippen molar-refractivity contribution in [3.63, 3.8) is 0 Å². The second kappa shape index (κ2) is 7.49. The van der Waals surface area contributed by atoms with Crippen LogP contribution >= 0.6 is 0 Å². The lowest BCUT2D eigenvalue weighted by Gasteiger charge is -2.32. The molecule has 2 aliphatic rings. The second-order valence-corrected chi connectivity index (χ2v) is 8.84. The first-order chi connectivity index (χ1) is 11.4. The van der Waals surface area contributed by atoms with E-state index >= 15 is 0 Å². The molecule has 0 aromatic heterocycles. The maximum Gasteiger partial charge on any atom is 0.175 e. The minimum absolute atomic E-state index is 0.256. The molecule has 6 nitrogen and oxygen atoms in total. The van der Waals surface area contributed by atoms with Gasteiger partial charge in [-0.15, -0.1) is 0 Å². The number of nitrogens with one attached hydrogen (secondary N) is 2. The number of nitrogens with zero attached hydrogens (tertiary/aromatic N) is 1. The van der Waals surface area contributed by atoms with E-state index in [1.165, 1.54) is 6.26 Å². The van der Waals surface area contributed by atoms with Gasteiger partial charge in [0.15, 0.2) is 9.84 Å². The summed E-state index contributed by atoms with van der Waals surface area (Å²) in [6, 6.07) is 7.51. The molecule has 0 spiro atoms. The van der Waals surface area contributed by atoms with Gasteiger partial charge in [0, 0.05) is 32.4 Å². The fraction of sp³-hybridized carbons (Fsp3) is 0.647. The van der Waals surface area contributed by atoms with Crippen LogP contribution in [0.2, 0.25) is 0 Å². The topological polar surface area (TPSA) is 70.7 Å². The summed E-state index contributed by atoms with van der Waals surface area (Å²) < 4.78 is 23.1. The van der Waals surface area contributed by atoms with Crippen molar-refractivity contribution in [3.8, 4) is 0 Å². The van der Waals surface area contributed by atoms with E-state index in [0.29, 0.717) is 4.90 Å². The van der Waals surface area contributed by atoms with Gasteiger partial charge >= 0.3 is 0 Å². The minimum Gasteiger partial charge on any atom is -0.299 e. The Morgan fingerprint density at radius 2 is 2.00 bits per heavy atom. The highest BCUT2D eigenvalue weighted by Crippen LogP contribution is 2.26. The molecule has 0 aliphatic carbocycles. The lowest BCUT2D eigenvalue weighted by molar-refractivity contribution is -0.125. The SMILES string of the molecule is CN1CCC(CNC2CCCC(c3ccc(S(C)(=O)=O)cc3)N2)O1. The summed E-state index contributed by atoms with van der Waals surface area (Å²) in [4.78, 5) is 6.07. The zero-order valence-electron chi connectivity index (χ0n) is 14.4. The number of hydrogen-bond donors (Lipinski definition) is 2. The molecule has 24 heavy (non-hydrogen) atoms. The van der Waals surface area contributed by atoms with Crippen molar-refractivity contribution < 1.29 is 13.3 Å². The Morgan fingerprint density at radius 3 is 2.62 bits per heavy atom. The van der Waals surface area contributed by atoms with Crippen LogP contribution in [0.15, 0.2) is 29.2 Å². The number of hydrogen-bond acceptors (Lipinski definition) is 6. The Hall–Kier alpha value is -0.990. The molecule has 1 aromatic rings. The third kappa shape index (κ3) is 4.55. The summed E-state index contributed by atoms with van der Waals surface area (Å²) in [5.74, 6) is 0. The lowest BCUT2D eigenvalue weighted by atomic mass is 9.96. The standard InChI is InChI=1S/C17H27N3O3S/c1-20-11-10-14(23-20)12-18-17-5-3-4-16(19-17)13-6-8-15(9-7-13)24(2,21)22/h6-9,14,16-19H,3-5,10-12H2,1-2H3. The molecule has 2 heterocycles. The molecule has 0 radical (unpaired) electrons. The number of piperidine rings is 1. The van der Waals surface area contributed by atoms with Crippen molar-refractivity contribution in [2.75, 3.05) is 26.4 Å². The first-order valence-electron chi connectivity index (χ1n) is 8.59. The highest BCUT2D eigenvalue weighted by Gasteiger charge is 2.25. The van der Waals surface area contributed by atoms with Gasteiger partial charge in [0.2, 0.25) is 0 Å². The van der Waals surface area contributed by atoms with E-state index in [2.05, 4.69) is 10.6 Å². The van der Waals surface area contributed by atoms with Gasteiger partial charge in [0.25, 0.3) is 0 Å². The fourth-order valence-electron chi connectivity index (χ4n) is 3.41. The van der Waals surface area contributed by atoms with Gasteiger partial charge in [0.1, 0.15) is 0 Å². The molecular formula is C17H27N3O3S. The van der Waals surface area contributed by atoms with Crippen molar-refractivity contribution in [2.24, 2.45) is 0 Å². The predicted molar refractivity (Wildman–Crippen MR) is 93.2 cm³/mol. The van der Waals surface area contributed by atoms with Crippen LogP contribution in [0.1, 0.15) is 37.3 Å². The van der Waals surface area contributed by atoms with Crippen molar-refractivity contribution in [1.29, 1.82) is 0 Å². The van der Waals surface area contributed by atoms with Crippen LogP contribution in [-0.4, -0.2) is 52.1 Å². The molecule has 0 saturated carbocycles. The van der Waals surface area contributed by atoms with Gasteiger partial charge < -0.3 is 0 Å². The van der Waals surface area contributed by atoms with Crippen LogP contribution in [-0.2, 0) is 14.7 Å². The smallest absolute Gasteiger partial charge is 0.175 e. The number of benzene rings is 1. The highest BCUT2D eigenvalue weighted by molar-refractivity contribution is 7.90. The number of hydroxylamine groups is 2. The molecule has 1 aromatic carbocycles. The Bertz CT molecular complexity index is 648. The molecule has 3 unspecified atom stereocenters. The van der Waals surface area contributed by atoms with Gasteiger partial charge in [-0.25, -0.2) is 8.42 Å². The first kappa shape index (κ1) is 17.8. The summed E-state index contributed by atoms with van der Waals surface area (Å²) in [6.45, 7) is 1.83. The Morgan fingerprint density at radius 1 is 1.25 bits per heavy atom. The van der Waals surface area contributed by atoms with Gasteiger partial charge in [-0.1, -0.05) is 12.1 Å². The van der Waals surface area contributed by atoms with Gasteiger partial charge in [-0.2, -0.15) is 5.06 Å². The summed E-state index contributed by atoms with van der Waals surface area (Å²) in [7, 11) is -1.17. The second-order valence-electron chi connectivity index (χ2n) is 6.82. The molecule has 3 rings (SSSR count). The van der Waals surface area contributed by atoms with E-state index < -0.39 is 9.84 Å². The van der Waals surface area contributed by atoms with Gasteiger partial charge in [0.05, 0.1) is 17.2 Å². The van der Waals surface area contributed by atoms with Crippen molar-refractivity contribution in [1.82, 2.24) is 15.7 Å². The molecule has 2 aliphatic heterocycles. The molecule has 2 saturated heterocycles. The third-order valence-electron chi connectivity index (χ3n) is 4.79. The average Bonchev–Trinajstić information content (AvgIpc) is 2.98.